The van der Waals surface area contributed by atoms with Crippen molar-refractivity contribution in [2.24, 2.45) is 5.92 Å². The average molecular weight is 379 g/mol. The summed E-state index contributed by atoms with van der Waals surface area (Å²) in [5.74, 6) is -1.20. The summed E-state index contributed by atoms with van der Waals surface area (Å²) in [5, 5.41) is 2.39. The summed E-state index contributed by atoms with van der Waals surface area (Å²) < 4.78 is 15.5. The van der Waals surface area contributed by atoms with Gasteiger partial charge >= 0.3 is 18.0 Å². The van der Waals surface area contributed by atoms with E-state index in [0.29, 0.717) is 0 Å². The van der Waals surface area contributed by atoms with Crippen molar-refractivity contribution in [1.82, 2.24) is 5.32 Å². The maximum atomic E-state index is 12.3. The molecule has 1 N–H and O–H groups in total. The third-order valence-corrected chi connectivity index (χ3v) is 3.15. The van der Waals surface area contributed by atoms with Gasteiger partial charge in [0.25, 0.3) is 0 Å². The molecule has 0 bridgehead atoms. The van der Waals surface area contributed by atoms with Crippen LogP contribution in [0.25, 0.3) is 0 Å². The molecule has 0 heterocycles. The lowest BCUT2D eigenvalue weighted by Crippen LogP contribution is -2.45. The van der Waals surface area contributed by atoms with Crippen molar-refractivity contribution in [1.29, 1.82) is 0 Å². The van der Waals surface area contributed by atoms with Crippen LogP contribution in [-0.2, 0) is 30.4 Å². The monoisotopic (exact) mass is 379 g/mol. The Labute approximate surface area is 160 Å². The third-order valence-electron chi connectivity index (χ3n) is 3.15. The van der Waals surface area contributed by atoms with Crippen LogP contribution in [0.5, 0.6) is 0 Å². The lowest BCUT2D eigenvalue weighted by Gasteiger charge is -2.23. The van der Waals surface area contributed by atoms with E-state index in [9.17, 15) is 14.4 Å². The van der Waals surface area contributed by atoms with E-state index in [2.05, 4.69) is 5.32 Å². The fourth-order valence-electron chi connectivity index (χ4n) is 1.96. The molecule has 150 valence electrons. The van der Waals surface area contributed by atoms with E-state index in [0.717, 1.165) is 5.56 Å². The van der Waals surface area contributed by atoms with Crippen LogP contribution >= 0.6 is 0 Å². The molecule has 0 unspecified atom stereocenters. The zero-order valence-electron chi connectivity index (χ0n) is 16.6. The average Bonchev–Trinajstić information content (AvgIpc) is 2.56. The van der Waals surface area contributed by atoms with Crippen LogP contribution in [-0.4, -0.2) is 36.3 Å². The normalized spacial score (nSPS) is 12.2. The Morgan fingerprint density at radius 1 is 1.04 bits per heavy atom. The second-order valence-electron chi connectivity index (χ2n) is 7.57. The highest BCUT2D eigenvalue weighted by Gasteiger charge is 2.28. The summed E-state index contributed by atoms with van der Waals surface area (Å²) in [4.78, 5) is 36.4. The molecule has 0 saturated heterocycles. The first kappa shape index (κ1) is 22.5. The lowest BCUT2D eigenvalue weighted by atomic mass is 10.2. The highest BCUT2D eigenvalue weighted by Crippen LogP contribution is 2.09. The Hall–Kier alpha value is -2.57. The van der Waals surface area contributed by atoms with Gasteiger partial charge in [0, 0.05) is 0 Å². The van der Waals surface area contributed by atoms with Gasteiger partial charge in [0.2, 0.25) is 0 Å². The zero-order chi connectivity index (χ0) is 20.4. The van der Waals surface area contributed by atoms with Gasteiger partial charge in [-0.1, -0.05) is 44.2 Å². The molecule has 1 rings (SSSR count). The molecular formula is C20H29NO6. The lowest BCUT2D eigenvalue weighted by molar-refractivity contribution is -0.154. The van der Waals surface area contributed by atoms with Crippen LogP contribution in [0.4, 0.5) is 4.79 Å². The van der Waals surface area contributed by atoms with Crippen LogP contribution in [0.15, 0.2) is 30.3 Å². The number of carbonyl (C=O) groups is 3. The van der Waals surface area contributed by atoms with E-state index >= 15 is 0 Å². The molecule has 27 heavy (non-hydrogen) atoms. The van der Waals surface area contributed by atoms with Crippen LogP contribution in [0.2, 0.25) is 0 Å². The molecule has 0 fully saturated rings. The second-order valence-corrected chi connectivity index (χ2v) is 7.57. The fourth-order valence-corrected chi connectivity index (χ4v) is 1.96. The van der Waals surface area contributed by atoms with Crippen molar-refractivity contribution < 1.29 is 28.6 Å². The van der Waals surface area contributed by atoms with Crippen molar-refractivity contribution in [3.63, 3.8) is 0 Å². The van der Waals surface area contributed by atoms with Crippen LogP contribution in [0.1, 0.15) is 46.6 Å². The predicted octanol–water partition coefficient (Wildman–Crippen LogP) is 3.21. The largest absolute Gasteiger partial charge is 0.464 e. The molecule has 0 aliphatic carbocycles. The summed E-state index contributed by atoms with van der Waals surface area (Å²) in [6.07, 6.45) is -1.15. The number of carbonyl (C=O) groups excluding carboxylic acids is 3. The molecule has 0 aromatic heterocycles. The Balaban J connectivity index is 2.66. The summed E-state index contributed by atoms with van der Waals surface area (Å²) >= 11 is 0. The first-order chi connectivity index (χ1) is 12.6. The van der Waals surface area contributed by atoms with E-state index < -0.39 is 29.7 Å². The van der Waals surface area contributed by atoms with Gasteiger partial charge in [0.05, 0.1) is 13.0 Å². The minimum absolute atomic E-state index is 0.0832. The first-order valence-electron chi connectivity index (χ1n) is 8.92. The Morgan fingerprint density at radius 3 is 2.22 bits per heavy atom. The zero-order valence-corrected chi connectivity index (χ0v) is 16.6. The van der Waals surface area contributed by atoms with Gasteiger partial charge in [0.1, 0.15) is 18.2 Å². The van der Waals surface area contributed by atoms with E-state index in [1.165, 1.54) is 0 Å². The molecular weight excluding hydrogens is 350 g/mol. The van der Waals surface area contributed by atoms with E-state index in [1.807, 2.05) is 44.2 Å². The standard InChI is InChI=1S/C20H29NO6/c1-14(2)12-26-18(23)16(21-19(24)27-20(3,4)5)11-17(22)25-13-15-9-7-6-8-10-15/h6-10,14,16H,11-13H2,1-5H3,(H,21,24)/t16-/m0/s1. The third kappa shape index (κ3) is 10.2. The molecule has 1 atom stereocenters. The Bertz CT molecular complexity index is 621. The molecule has 1 amide bonds. The van der Waals surface area contributed by atoms with Gasteiger partial charge in [-0.2, -0.15) is 0 Å². The van der Waals surface area contributed by atoms with Gasteiger partial charge in [-0.15, -0.1) is 0 Å². The van der Waals surface area contributed by atoms with Gasteiger partial charge < -0.3 is 19.5 Å². The number of nitrogens with one attached hydrogen (secondary N) is 1. The van der Waals surface area contributed by atoms with E-state index in [1.54, 1.807) is 20.8 Å². The Kier molecular flexibility index (Phi) is 8.78. The molecule has 1 aromatic rings. The van der Waals surface area contributed by atoms with Crippen LogP contribution in [0, 0.1) is 5.92 Å². The fraction of sp³-hybridized carbons (Fsp3) is 0.550. The minimum atomic E-state index is -1.18. The molecule has 0 aliphatic rings. The SMILES string of the molecule is CC(C)COC(=O)[C@H](CC(=O)OCc1ccccc1)NC(=O)OC(C)(C)C. The van der Waals surface area contributed by atoms with Crippen LogP contribution < -0.4 is 5.32 Å². The Morgan fingerprint density at radius 2 is 1.67 bits per heavy atom. The number of esters is 2. The van der Waals surface area contributed by atoms with E-state index in [-0.39, 0.29) is 25.6 Å². The molecule has 0 saturated carbocycles. The molecule has 7 nitrogen and oxygen atoms in total. The molecule has 1 aromatic carbocycles. The van der Waals surface area contributed by atoms with Crippen molar-refractivity contribution in [3.8, 4) is 0 Å². The van der Waals surface area contributed by atoms with Gasteiger partial charge in [0.15, 0.2) is 0 Å². The molecule has 0 radical (unpaired) electrons. The quantitative estimate of drug-likeness (QED) is 0.551. The number of alkyl carbamates (subject to hydrolysis) is 1. The number of amides is 1. The van der Waals surface area contributed by atoms with E-state index in [4.69, 9.17) is 14.2 Å². The summed E-state index contributed by atoms with van der Waals surface area (Å²) in [6.45, 7) is 9.14. The summed E-state index contributed by atoms with van der Waals surface area (Å²) in [5.41, 5.74) is 0.0921. The number of ether oxygens (including phenoxy) is 3. The van der Waals surface area contributed by atoms with Crippen LogP contribution in [0.3, 0.4) is 0 Å². The number of hydrogen-bond donors (Lipinski definition) is 1. The second kappa shape index (κ2) is 10.5. The highest BCUT2D eigenvalue weighted by atomic mass is 16.6. The van der Waals surface area contributed by atoms with Crippen molar-refractivity contribution >= 4 is 18.0 Å². The van der Waals surface area contributed by atoms with Crippen molar-refractivity contribution in [2.45, 2.75) is 59.3 Å². The summed E-state index contributed by atoms with van der Waals surface area (Å²) in [7, 11) is 0. The number of hydrogen-bond acceptors (Lipinski definition) is 6. The van der Waals surface area contributed by atoms with Gasteiger partial charge in [-0.3, -0.25) is 4.79 Å². The predicted molar refractivity (Wildman–Crippen MR) is 99.8 cm³/mol. The highest BCUT2D eigenvalue weighted by molar-refractivity contribution is 5.86. The minimum Gasteiger partial charge on any atom is -0.464 e. The maximum Gasteiger partial charge on any atom is 0.408 e. The van der Waals surface area contributed by atoms with Gasteiger partial charge in [-0.25, -0.2) is 9.59 Å². The van der Waals surface area contributed by atoms with Gasteiger partial charge in [-0.05, 0) is 32.3 Å². The summed E-state index contributed by atoms with van der Waals surface area (Å²) in [6, 6.07) is 7.98. The molecule has 0 aliphatic heterocycles. The first-order valence-corrected chi connectivity index (χ1v) is 8.92. The van der Waals surface area contributed by atoms with Crippen molar-refractivity contribution in [3.05, 3.63) is 35.9 Å². The number of benzene rings is 1. The number of rotatable bonds is 8. The maximum absolute atomic E-state index is 12.3. The molecule has 7 heteroatoms. The van der Waals surface area contributed by atoms with Crippen molar-refractivity contribution in [2.75, 3.05) is 6.61 Å². The topological polar surface area (TPSA) is 90.9 Å². The molecule has 0 spiro atoms. The smallest absolute Gasteiger partial charge is 0.408 e.